The first-order valence-electron chi connectivity index (χ1n) is 8.93. The van der Waals surface area contributed by atoms with Crippen LogP contribution < -0.4 is 0 Å². The summed E-state index contributed by atoms with van der Waals surface area (Å²) in [4.78, 5) is 8.15. The van der Waals surface area contributed by atoms with Crippen LogP contribution in [-0.2, 0) is 0 Å². The second kappa shape index (κ2) is 8.19. The van der Waals surface area contributed by atoms with Gasteiger partial charge in [0.25, 0.3) is 0 Å². The fraction of sp³-hybridized carbons (Fsp3) is 0.273. The molecule has 26 heavy (non-hydrogen) atoms. The number of likely N-dealkylation sites (N-methyl/N-ethyl adjacent to an activating group) is 1. The van der Waals surface area contributed by atoms with E-state index in [9.17, 15) is 4.39 Å². The molecule has 1 aliphatic heterocycles. The molecule has 4 rings (SSSR count). The molecule has 0 saturated carbocycles. The number of hydrogen-bond acceptors (Lipinski definition) is 2. The van der Waals surface area contributed by atoms with Crippen molar-refractivity contribution in [1.82, 2.24) is 14.8 Å². The van der Waals surface area contributed by atoms with Crippen LogP contribution in [0, 0.1) is 5.82 Å². The second-order valence-electron chi connectivity index (χ2n) is 6.86. The van der Waals surface area contributed by atoms with Crippen LogP contribution in [0.2, 0.25) is 0 Å². The highest BCUT2D eigenvalue weighted by Gasteiger charge is 2.25. The summed E-state index contributed by atoms with van der Waals surface area (Å²) in [5.41, 5.74) is 3.43. The van der Waals surface area contributed by atoms with E-state index in [0.717, 1.165) is 24.5 Å². The number of para-hydroxylation sites is 1. The lowest BCUT2D eigenvalue weighted by atomic mass is 10.2. The van der Waals surface area contributed by atoms with E-state index in [-0.39, 0.29) is 5.82 Å². The maximum absolute atomic E-state index is 11.9. The van der Waals surface area contributed by atoms with Crippen molar-refractivity contribution >= 4 is 16.6 Å². The smallest absolute Gasteiger partial charge is 0.123 e. The normalized spacial score (nSPS) is 16.6. The Morgan fingerprint density at radius 2 is 1.81 bits per heavy atom. The van der Waals surface area contributed by atoms with Gasteiger partial charge in [-0.2, -0.15) is 0 Å². The Morgan fingerprint density at radius 3 is 2.38 bits per heavy atom. The predicted octanol–water partition coefficient (Wildman–Crippen LogP) is 4.60. The van der Waals surface area contributed by atoms with Gasteiger partial charge in [-0.25, -0.2) is 4.39 Å². The van der Waals surface area contributed by atoms with Crippen LogP contribution >= 0.6 is 0 Å². The van der Waals surface area contributed by atoms with Crippen LogP contribution in [0.4, 0.5) is 4.39 Å². The Hall–Kier alpha value is -2.59. The molecule has 0 aliphatic carbocycles. The molecule has 2 aromatic carbocycles. The Balaban J connectivity index is 0.000000236. The molecule has 2 heterocycles. The highest BCUT2D eigenvalue weighted by atomic mass is 19.1. The molecule has 0 radical (unpaired) electrons. The van der Waals surface area contributed by atoms with E-state index in [0.29, 0.717) is 6.04 Å². The number of rotatable bonds is 3. The zero-order chi connectivity index (χ0) is 18.5. The molecule has 1 atom stereocenters. The van der Waals surface area contributed by atoms with Crippen molar-refractivity contribution in [3.63, 3.8) is 0 Å². The largest absolute Gasteiger partial charge is 0.369 e. The summed E-state index contributed by atoms with van der Waals surface area (Å²) in [6.07, 6.45) is 1.21. The van der Waals surface area contributed by atoms with Gasteiger partial charge in [0.1, 0.15) is 5.82 Å². The van der Waals surface area contributed by atoms with E-state index in [1.165, 1.54) is 29.5 Å². The quantitative estimate of drug-likeness (QED) is 0.745. The molecule has 1 saturated heterocycles. The van der Waals surface area contributed by atoms with Crippen molar-refractivity contribution in [3.05, 3.63) is 78.8 Å². The third-order valence-corrected chi connectivity index (χ3v) is 4.85. The summed E-state index contributed by atoms with van der Waals surface area (Å²) in [6, 6.07) is 19.1. The van der Waals surface area contributed by atoms with Crippen molar-refractivity contribution in [2.45, 2.75) is 12.5 Å². The standard InChI is InChI=1S/C16H21N3.C6H5F/c1-12(19-9-8-14(11-19)18(2)3)16-10-13-6-4-5-7-15(13)17-16;7-6-4-2-1-3-5-6/h4-7,10,14,17H,1,8-9,11H2,2-3H3;1-5H. The number of fused-ring (bicyclic) bond motifs is 1. The van der Waals surface area contributed by atoms with E-state index in [1.807, 2.05) is 0 Å². The molecule has 4 heteroatoms. The lowest BCUT2D eigenvalue weighted by Crippen LogP contribution is -2.30. The van der Waals surface area contributed by atoms with Crippen LogP contribution in [-0.4, -0.2) is 48.0 Å². The average molecular weight is 351 g/mol. The Labute approximate surface area is 154 Å². The lowest BCUT2D eigenvalue weighted by molar-refractivity contribution is 0.299. The van der Waals surface area contributed by atoms with Gasteiger partial charge >= 0.3 is 0 Å². The van der Waals surface area contributed by atoms with Gasteiger partial charge in [0.2, 0.25) is 0 Å². The zero-order valence-corrected chi connectivity index (χ0v) is 15.5. The predicted molar refractivity (Wildman–Crippen MR) is 107 cm³/mol. The number of nitrogens with zero attached hydrogens (tertiary/aromatic N) is 2. The summed E-state index contributed by atoms with van der Waals surface area (Å²) < 4.78 is 11.9. The van der Waals surface area contributed by atoms with Gasteiger partial charge in [0.15, 0.2) is 0 Å². The number of likely N-dealkylation sites (tertiary alicyclic amines) is 1. The molecule has 1 fully saturated rings. The molecule has 136 valence electrons. The third-order valence-electron chi connectivity index (χ3n) is 4.85. The van der Waals surface area contributed by atoms with Crippen molar-refractivity contribution in [3.8, 4) is 0 Å². The van der Waals surface area contributed by atoms with Crippen molar-refractivity contribution in [1.29, 1.82) is 0 Å². The second-order valence-corrected chi connectivity index (χ2v) is 6.86. The van der Waals surface area contributed by atoms with Crippen molar-refractivity contribution < 1.29 is 4.39 Å². The van der Waals surface area contributed by atoms with Gasteiger partial charge in [-0.3, -0.25) is 0 Å². The fourth-order valence-corrected chi connectivity index (χ4v) is 3.22. The first-order chi connectivity index (χ1) is 12.5. The summed E-state index contributed by atoms with van der Waals surface area (Å²) >= 11 is 0. The maximum atomic E-state index is 11.9. The molecular formula is C22H26FN3. The van der Waals surface area contributed by atoms with Crippen LogP contribution in [0.3, 0.4) is 0 Å². The number of aromatic nitrogens is 1. The van der Waals surface area contributed by atoms with E-state index in [1.54, 1.807) is 18.2 Å². The van der Waals surface area contributed by atoms with Crippen molar-refractivity contribution in [2.75, 3.05) is 27.2 Å². The maximum Gasteiger partial charge on any atom is 0.123 e. The third kappa shape index (κ3) is 4.33. The molecular weight excluding hydrogens is 325 g/mol. The number of hydrogen-bond donors (Lipinski definition) is 1. The molecule has 0 spiro atoms. The van der Waals surface area contributed by atoms with Crippen LogP contribution in [0.15, 0.2) is 67.2 Å². The van der Waals surface area contributed by atoms with Crippen LogP contribution in [0.1, 0.15) is 12.1 Å². The topological polar surface area (TPSA) is 22.3 Å². The number of H-pyrrole nitrogens is 1. The van der Waals surface area contributed by atoms with Crippen molar-refractivity contribution in [2.24, 2.45) is 0 Å². The SMILES string of the molecule is C=C(c1cc2ccccc2[nH]1)N1CCC(N(C)C)C1.Fc1ccccc1. The van der Waals surface area contributed by atoms with E-state index < -0.39 is 0 Å². The summed E-state index contributed by atoms with van der Waals surface area (Å²) in [7, 11) is 4.31. The van der Waals surface area contributed by atoms with E-state index in [2.05, 4.69) is 65.8 Å². The average Bonchev–Trinajstić information content (AvgIpc) is 3.29. The van der Waals surface area contributed by atoms with Gasteiger partial charge in [0.05, 0.1) is 11.4 Å². The van der Waals surface area contributed by atoms with Gasteiger partial charge < -0.3 is 14.8 Å². The minimum absolute atomic E-state index is 0.178. The summed E-state index contributed by atoms with van der Waals surface area (Å²) in [5, 5.41) is 1.25. The van der Waals surface area contributed by atoms with Gasteiger partial charge in [-0.15, -0.1) is 0 Å². The van der Waals surface area contributed by atoms with E-state index >= 15 is 0 Å². The minimum atomic E-state index is -0.178. The number of halogens is 1. The molecule has 0 bridgehead atoms. The lowest BCUT2D eigenvalue weighted by Gasteiger charge is -2.22. The molecule has 3 nitrogen and oxygen atoms in total. The molecule has 1 unspecified atom stereocenters. The summed E-state index contributed by atoms with van der Waals surface area (Å²) in [6.45, 7) is 6.44. The molecule has 1 aliphatic rings. The number of benzene rings is 2. The highest BCUT2D eigenvalue weighted by Crippen LogP contribution is 2.26. The van der Waals surface area contributed by atoms with Gasteiger partial charge in [-0.1, -0.05) is 43.0 Å². The van der Waals surface area contributed by atoms with Crippen LogP contribution in [0.5, 0.6) is 0 Å². The monoisotopic (exact) mass is 351 g/mol. The molecule has 1 aromatic heterocycles. The fourth-order valence-electron chi connectivity index (χ4n) is 3.22. The molecule has 1 N–H and O–H groups in total. The minimum Gasteiger partial charge on any atom is -0.369 e. The Bertz CT molecular complexity index is 821. The Morgan fingerprint density at radius 1 is 1.12 bits per heavy atom. The number of nitrogens with one attached hydrogen (secondary N) is 1. The molecule has 0 amide bonds. The van der Waals surface area contributed by atoms with Gasteiger partial charge in [-0.05, 0) is 44.8 Å². The summed E-state index contributed by atoms with van der Waals surface area (Å²) in [5.74, 6) is -0.178. The van der Waals surface area contributed by atoms with Gasteiger partial charge in [0, 0.05) is 30.0 Å². The highest BCUT2D eigenvalue weighted by molar-refractivity contribution is 5.84. The van der Waals surface area contributed by atoms with E-state index in [4.69, 9.17) is 0 Å². The Kier molecular flexibility index (Phi) is 5.74. The molecule has 3 aromatic rings. The zero-order valence-electron chi connectivity index (χ0n) is 15.5. The first kappa shape index (κ1) is 18.2. The van der Waals surface area contributed by atoms with Crippen LogP contribution in [0.25, 0.3) is 16.6 Å². The number of aromatic amines is 1. The first-order valence-corrected chi connectivity index (χ1v) is 8.93.